The third kappa shape index (κ3) is 1.84. The maximum Gasteiger partial charge on any atom is 0.131 e. The highest BCUT2D eigenvalue weighted by molar-refractivity contribution is 5.47. The lowest BCUT2D eigenvalue weighted by Gasteiger charge is -2.28. The van der Waals surface area contributed by atoms with E-state index in [2.05, 4.69) is 24.8 Å². The molecule has 1 aliphatic heterocycles. The van der Waals surface area contributed by atoms with Crippen molar-refractivity contribution in [3.63, 3.8) is 0 Å². The lowest BCUT2D eigenvalue weighted by atomic mass is 10.3. The van der Waals surface area contributed by atoms with Crippen LogP contribution in [0.15, 0.2) is 30.6 Å². The Kier molecular flexibility index (Phi) is 2.44. The van der Waals surface area contributed by atoms with Crippen molar-refractivity contribution in [1.29, 1.82) is 0 Å². The zero-order valence-corrected chi connectivity index (χ0v) is 9.80. The van der Waals surface area contributed by atoms with Crippen LogP contribution in [0, 0.1) is 0 Å². The number of pyridine rings is 1. The summed E-state index contributed by atoms with van der Waals surface area (Å²) < 4.78 is 2.19. The zero-order valence-electron chi connectivity index (χ0n) is 9.80. The summed E-state index contributed by atoms with van der Waals surface area (Å²) >= 11 is 0. The molecule has 0 bridgehead atoms. The van der Waals surface area contributed by atoms with Gasteiger partial charge in [-0.05, 0) is 12.1 Å². The van der Waals surface area contributed by atoms with Crippen LogP contribution in [0.1, 0.15) is 5.82 Å². The summed E-state index contributed by atoms with van der Waals surface area (Å²) in [6.45, 7) is 2.78. The van der Waals surface area contributed by atoms with Gasteiger partial charge in [-0.1, -0.05) is 6.07 Å². The van der Waals surface area contributed by atoms with E-state index in [9.17, 15) is 0 Å². The molecular weight excluding hydrogens is 214 g/mol. The Labute approximate surface area is 100 Å². The van der Waals surface area contributed by atoms with Crippen LogP contribution in [-0.2, 0) is 13.1 Å². The summed E-state index contributed by atoms with van der Waals surface area (Å²) in [5.74, 6) is 3.01. The molecular formula is C12H15N5. The largest absolute Gasteiger partial charge is 0.373 e. The molecule has 3 rings (SSSR count). The number of hydrogen-bond donors (Lipinski definition) is 1. The normalized spacial score (nSPS) is 14.5. The van der Waals surface area contributed by atoms with E-state index in [-0.39, 0.29) is 0 Å². The number of rotatable bonds is 2. The number of anilines is 2. The van der Waals surface area contributed by atoms with Gasteiger partial charge >= 0.3 is 0 Å². The summed E-state index contributed by atoms with van der Waals surface area (Å²) in [6, 6.07) is 6.03. The molecule has 0 atom stereocenters. The maximum atomic E-state index is 4.55. The number of aromatic nitrogens is 3. The van der Waals surface area contributed by atoms with E-state index in [0.29, 0.717) is 0 Å². The van der Waals surface area contributed by atoms with Crippen LogP contribution in [0.3, 0.4) is 0 Å². The van der Waals surface area contributed by atoms with Crippen LogP contribution in [0.25, 0.3) is 0 Å². The van der Waals surface area contributed by atoms with Gasteiger partial charge in [0.1, 0.15) is 17.5 Å². The predicted octanol–water partition coefficient (Wildman–Crippen LogP) is 1.34. The quantitative estimate of drug-likeness (QED) is 0.844. The first-order chi connectivity index (χ1) is 8.36. The van der Waals surface area contributed by atoms with Gasteiger partial charge in [0.2, 0.25) is 0 Å². The van der Waals surface area contributed by atoms with Gasteiger partial charge in [-0.25, -0.2) is 9.97 Å². The van der Waals surface area contributed by atoms with Crippen LogP contribution in [0.2, 0.25) is 0 Å². The number of nitrogens with zero attached hydrogens (tertiary/aromatic N) is 4. The van der Waals surface area contributed by atoms with Gasteiger partial charge in [0.25, 0.3) is 0 Å². The third-order valence-corrected chi connectivity index (χ3v) is 3.06. The molecule has 0 fully saturated rings. The van der Waals surface area contributed by atoms with E-state index in [1.54, 1.807) is 0 Å². The van der Waals surface area contributed by atoms with Crippen molar-refractivity contribution in [2.24, 2.45) is 0 Å². The SMILES string of the molecule is CNc1cccc(N2CCn3ccnc3C2)n1. The average molecular weight is 229 g/mol. The lowest BCUT2D eigenvalue weighted by molar-refractivity contribution is 0.556. The predicted molar refractivity (Wildman–Crippen MR) is 67.1 cm³/mol. The fraction of sp³-hybridized carbons (Fsp3) is 0.333. The van der Waals surface area contributed by atoms with E-state index in [1.807, 2.05) is 37.6 Å². The molecule has 0 aromatic carbocycles. The minimum absolute atomic E-state index is 0.827. The maximum absolute atomic E-state index is 4.55. The molecule has 0 radical (unpaired) electrons. The zero-order chi connectivity index (χ0) is 11.7. The molecule has 0 unspecified atom stereocenters. The van der Waals surface area contributed by atoms with E-state index >= 15 is 0 Å². The summed E-state index contributed by atoms with van der Waals surface area (Å²) in [5.41, 5.74) is 0. The molecule has 0 aliphatic carbocycles. The van der Waals surface area contributed by atoms with Crippen molar-refractivity contribution in [3.8, 4) is 0 Å². The summed E-state index contributed by atoms with van der Waals surface area (Å²) in [4.78, 5) is 11.2. The highest BCUT2D eigenvalue weighted by atomic mass is 15.3. The highest BCUT2D eigenvalue weighted by Crippen LogP contribution is 2.19. The molecule has 17 heavy (non-hydrogen) atoms. The number of hydrogen-bond acceptors (Lipinski definition) is 4. The van der Waals surface area contributed by atoms with Gasteiger partial charge in [0, 0.05) is 32.5 Å². The molecule has 2 aromatic heterocycles. The Bertz CT molecular complexity index is 519. The second kappa shape index (κ2) is 4.08. The third-order valence-electron chi connectivity index (χ3n) is 3.06. The number of imidazole rings is 1. The number of nitrogens with one attached hydrogen (secondary N) is 1. The Hall–Kier alpha value is -2.04. The topological polar surface area (TPSA) is 46.0 Å². The first kappa shape index (κ1) is 10.1. The van der Waals surface area contributed by atoms with Gasteiger partial charge in [0.05, 0.1) is 6.54 Å². The Morgan fingerprint density at radius 1 is 1.29 bits per heavy atom. The molecule has 1 aliphatic rings. The van der Waals surface area contributed by atoms with Crippen LogP contribution >= 0.6 is 0 Å². The molecule has 5 heteroatoms. The fourth-order valence-electron chi connectivity index (χ4n) is 2.11. The van der Waals surface area contributed by atoms with Crippen molar-refractivity contribution < 1.29 is 0 Å². The van der Waals surface area contributed by atoms with Crippen LogP contribution in [0.5, 0.6) is 0 Å². The van der Waals surface area contributed by atoms with Crippen LogP contribution in [-0.4, -0.2) is 28.1 Å². The van der Waals surface area contributed by atoms with Gasteiger partial charge in [0.15, 0.2) is 0 Å². The number of fused-ring (bicyclic) bond motifs is 1. The fourth-order valence-corrected chi connectivity index (χ4v) is 2.11. The van der Waals surface area contributed by atoms with Crippen molar-refractivity contribution in [1.82, 2.24) is 14.5 Å². The first-order valence-electron chi connectivity index (χ1n) is 5.76. The second-order valence-corrected chi connectivity index (χ2v) is 4.09. The molecule has 3 heterocycles. The Morgan fingerprint density at radius 3 is 3.12 bits per heavy atom. The second-order valence-electron chi connectivity index (χ2n) is 4.09. The first-order valence-corrected chi connectivity index (χ1v) is 5.76. The highest BCUT2D eigenvalue weighted by Gasteiger charge is 2.17. The molecule has 88 valence electrons. The summed E-state index contributed by atoms with van der Waals surface area (Å²) in [5, 5.41) is 3.06. The molecule has 0 saturated heterocycles. The van der Waals surface area contributed by atoms with Gasteiger partial charge in [-0.3, -0.25) is 0 Å². The molecule has 1 N–H and O–H groups in total. The summed E-state index contributed by atoms with van der Waals surface area (Å²) in [7, 11) is 1.88. The van der Waals surface area contributed by atoms with Crippen molar-refractivity contribution >= 4 is 11.6 Å². The van der Waals surface area contributed by atoms with Gasteiger partial charge in [-0.15, -0.1) is 0 Å². The minimum Gasteiger partial charge on any atom is -0.373 e. The average Bonchev–Trinajstić information content (AvgIpc) is 2.86. The lowest BCUT2D eigenvalue weighted by Crippen LogP contribution is -2.34. The van der Waals surface area contributed by atoms with Crippen molar-refractivity contribution in [2.45, 2.75) is 13.1 Å². The molecule has 0 spiro atoms. The van der Waals surface area contributed by atoms with Crippen LogP contribution < -0.4 is 10.2 Å². The van der Waals surface area contributed by atoms with Crippen molar-refractivity contribution in [3.05, 3.63) is 36.4 Å². The summed E-state index contributed by atoms with van der Waals surface area (Å²) in [6.07, 6.45) is 3.89. The van der Waals surface area contributed by atoms with E-state index in [0.717, 1.165) is 37.1 Å². The Balaban J connectivity index is 1.86. The van der Waals surface area contributed by atoms with Crippen molar-refractivity contribution in [2.75, 3.05) is 23.8 Å². The molecule has 2 aromatic rings. The Morgan fingerprint density at radius 2 is 2.24 bits per heavy atom. The van der Waals surface area contributed by atoms with E-state index in [4.69, 9.17) is 0 Å². The van der Waals surface area contributed by atoms with Gasteiger partial charge in [-0.2, -0.15) is 0 Å². The molecule has 0 amide bonds. The minimum atomic E-state index is 0.827. The van der Waals surface area contributed by atoms with Crippen LogP contribution in [0.4, 0.5) is 11.6 Å². The smallest absolute Gasteiger partial charge is 0.131 e. The van der Waals surface area contributed by atoms with E-state index < -0.39 is 0 Å². The molecule has 0 saturated carbocycles. The van der Waals surface area contributed by atoms with Gasteiger partial charge < -0.3 is 14.8 Å². The van der Waals surface area contributed by atoms with E-state index in [1.165, 1.54) is 0 Å². The standard InChI is InChI=1S/C12H15N5/c1-13-10-3-2-4-11(15-10)17-8-7-16-6-5-14-12(16)9-17/h2-6H,7-9H2,1H3,(H,13,15). The molecule has 5 nitrogen and oxygen atoms in total. The monoisotopic (exact) mass is 229 g/mol.